The molecule has 3 amide bonds. The van der Waals surface area contributed by atoms with E-state index in [2.05, 4.69) is 25.9 Å². The largest absolute Gasteiger partial charge is 0.367 e. The van der Waals surface area contributed by atoms with Crippen molar-refractivity contribution in [2.45, 2.75) is 38.1 Å². The predicted octanol–water partition coefficient (Wildman–Crippen LogP) is 0.968. The summed E-state index contributed by atoms with van der Waals surface area (Å²) >= 11 is 0. The molecule has 1 spiro atoms. The molecule has 1 aromatic rings. The molecule has 3 N–H and O–H groups in total. The molecule has 3 rings (SSSR count). The van der Waals surface area contributed by atoms with Gasteiger partial charge in [0.25, 0.3) is 5.91 Å². The molecule has 2 unspecified atom stereocenters. The van der Waals surface area contributed by atoms with E-state index >= 15 is 0 Å². The van der Waals surface area contributed by atoms with Gasteiger partial charge in [0.15, 0.2) is 11.6 Å². The molecule has 2 heterocycles. The van der Waals surface area contributed by atoms with Gasteiger partial charge in [-0.3, -0.25) is 10.1 Å². The van der Waals surface area contributed by atoms with Crippen LogP contribution >= 0.6 is 0 Å². The zero-order valence-electron chi connectivity index (χ0n) is 12.3. The van der Waals surface area contributed by atoms with E-state index in [-0.39, 0.29) is 17.6 Å². The highest BCUT2D eigenvalue weighted by atomic mass is 19.1. The fourth-order valence-corrected chi connectivity index (χ4v) is 3.32. The van der Waals surface area contributed by atoms with Crippen LogP contribution in [0.15, 0.2) is 6.33 Å². The Balaban J connectivity index is 1.74. The molecule has 1 aromatic heterocycles. The number of carbonyl (C=O) groups excluding carboxylic acids is 2. The summed E-state index contributed by atoms with van der Waals surface area (Å²) in [6.45, 7) is 2.18. The van der Waals surface area contributed by atoms with E-state index < -0.39 is 17.4 Å². The van der Waals surface area contributed by atoms with Gasteiger partial charge >= 0.3 is 6.03 Å². The number of urea groups is 1. The Kier molecular flexibility index (Phi) is 3.67. The number of imide groups is 1. The van der Waals surface area contributed by atoms with Crippen molar-refractivity contribution >= 4 is 17.8 Å². The Bertz CT molecular complexity index is 623. The first-order chi connectivity index (χ1) is 10.6. The summed E-state index contributed by atoms with van der Waals surface area (Å²) in [5.41, 5.74) is -0.521. The molecule has 1 saturated heterocycles. The Morgan fingerprint density at radius 1 is 1.45 bits per heavy atom. The summed E-state index contributed by atoms with van der Waals surface area (Å²) in [5.74, 6) is -0.715. The Morgan fingerprint density at radius 3 is 2.95 bits per heavy atom. The van der Waals surface area contributed by atoms with Crippen LogP contribution in [-0.2, 0) is 11.2 Å². The summed E-state index contributed by atoms with van der Waals surface area (Å²) in [4.78, 5) is 31.3. The summed E-state index contributed by atoms with van der Waals surface area (Å²) in [6, 6.07) is -0.460. The number of hydrogen-bond donors (Lipinski definition) is 3. The van der Waals surface area contributed by atoms with Gasteiger partial charge in [0.1, 0.15) is 11.9 Å². The number of amides is 3. The van der Waals surface area contributed by atoms with Crippen molar-refractivity contribution in [1.29, 1.82) is 0 Å². The van der Waals surface area contributed by atoms with Gasteiger partial charge in [0.2, 0.25) is 0 Å². The molecule has 118 valence electrons. The number of carbonyl (C=O) groups is 2. The standard InChI is InChI=1S/C14H18FN5O2/c1-2-9-10(15)11(18-7-17-9)16-6-8-4-3-5-14(8)12(21)19-13(22)20-14/h7-8H,2-6H2,1H3,(H,16,17,18)(H2,19,20,21,22). The number of halogens is 1. The quantitative estimate of drug-likeness (QED) is 0.720. The third kappa shape index (κ3) is 2.28. The molecule has 2 fully saturated rings. The molecule has 22 heavy (non-hydrogen) atoms. The number of aryl methyl sites for hydroxylation is 1. The van der Waals surface area contributed by atoms with Gasteiger partial charge < -0.3 is 10.6 Å². The van der Waals surface area contributed by atoms with Gasteiger partial charge in [-0.2, -0.15) is 0 Å². The van der Waals surface area contributed by atoms with Gasteiger partial charge in [-0.15, -0.1) is 0 Å². The van der Waals surface area contributed by atoms with Crippen LogP contribution in [0, 0.1) is 11.7 Å². The van der Waals surface area contributed by atoms with E-state index in [0.717, 1.165) is 12.8 Å². The topological polar surface area (TPSA) is 96.0 Å². The van der Waals surface area contributed by atoms with Crippen molar-refractivity contribution in [2.24, 2.45) is 5.92 Å². The lowest BCUT2D eigenvalue weighted by Gasteiger charge is -2.28. The second kappa shape index (κ2) is 5.51. The molecule has 1 aliphatic heterocycles. The van der Waals surface area contributed by atoms with Gasteiger partial charge in [-0.25, -0.2) is 19.2 Å². The van der Waals surface area contributed by atoms with E-state index in [1.807, 2.05) is 6.92 Å². The average molecular weight is 307 g/mol. The maximum absolute atomic E-state index is 14.1. The van der Waals surface area contributed by atoms with Crippen molar-refractivity contribution in [3.05, 3.63) is 17.8 Å². The number of aromatic nitrogens is 2. The molecule has 2 atom stereocenters. The van der Waals surface area contributed by atoms with Gasteiger partial charge in [0.05, 0.1) is 5.69 Å². The fraction of sp³-hybridized carbons (Fsp3) is 0.571. The van der Waals surface area contributed by atoms with Gasteiger partial charge in [0, 0.05) is 12.5 Å². The first-order valence-electron chi connectivity index (χ1n) is 7.43. The van der Waals surface area contributed by atoms with Gasteiger partial charge in [-0.05, 0) is 19.3 Å². The Labute approximate surface area is 127 Å². The van der Waals surface area contributed by atoms with E-state index in [9.17, 15) is 14.0 Å². The lowest BCUT2D eigenvalue weighted by molar-refractivity contribution is -0.125. The Morgan fingerprint density at radius 2 is 2.27 bits per heavy atom. The molecule has 0 bridgehead atoms. The molecular weight excluding hydrogens is 289 g/mol. The van der Waals surface area contributed by atoms with Crippen LogP contribution in [0.25, 0.3) is 0 Å². The van der Waals surface area contributed by atoms with Crippen molar-refractivity contribution in [3.8, 4) is 0 Å². The highest BCUT2D eigenvalue weighted by Crippen LogP contribution is 2.38. The summed E-state index contributed by atoms with van der Waals surface area (Å²) in [5, 5.41) is 7.99. The number of nitrogens with one attached hydrogen (secondary N) is 3. The first-order valence-corrected chi connectivity index (χ1v) is 7.43. The third-order valence-electron chi connectivity index (χ3n) is 4.50. The molecular formula is C14H18FN5O2. The van der Waals surface area contributed by atoms with E-state index in [0.29, 0.717) is 25.1 Å². The number of hydrogen-bond acceptors (Lipinski definition) is 5. The number of nitrogens with zero attached hydrogens (tertiary/aromatic N) is 2. The van der Waals surface area contributed by atoms with E-state index in [4.69, 9.17) is 0 Å². The summed E-state index contributed by atoms with van der Waals surface area (Å²) in [7, 11) is 0. The number of anilines is 1. The van der Waals surface area contributed by atoms with Crippen LogP contribution in [0.2, 0.25) is 0 Å². The van der Waals surface area contributed by atoms with Crippen LogP contribution in [0.4, 0.5) is 15.0 Å². The normalized spacial score (nSPS) is 27.1. The average Bonchev–Trinajstić information content (AvgIpc) is 3.02. The highest BCUT2D eigenvalue weighted by Gasteiger charge is 2.54. The molecule has 1 aliphatic carbocycles. The van der Waals surface area contributed by atoms with Crippen LogP contribution in [0.5, 0.6) is 0 Å². The predicted molar refractivity (Wildman–Crippen MR) is 76.6 cm³/mol. The molecule has 0 aromatic carbocycles. The minimum absolute atomic E-state index is 0.0987. The molecule has 1 saturated carbocycles. The SMILES string of the molecule is CCc1ncnc(NCC2CCCC23NC(=O)NC3=O)c1F. The maximum Gasteiger partial charge on any atom is 0.322 e. The molecule has 2 aliphatic rings. The van der Waals surface area contributed by atoms with Gasteiger partial charge in [-0.1, -0.05) is 13.3 Å². The van der Waals surface area contributed by atoms with Crippen molar-refractivity contribution in [2.75, 3.05) is 11.9 Å². The van der Waals surface area contributed by atoms with Crippen LogP contribution in [0.3, 0.4) is 0 Å². The third-order valence-corrected chi connectivity index (χ3v) is 4.50. The van der Waals surface area contributed by atoms with E-state index in [1.54, 1.807) is 0 Å². The highest BCUT2D eigenvalue weighted by molar-refractivity contribution is 6.07. The zero-order chi connectivity index (χ0) is 15.7. The number of rotatable bonds is 4. The van der Waals surface area contributed by atoms with Crippen LogP contribution in [0.1, 0.15) is 31.9 Å². The molecule has 0 radical (unpaired) electrons. The fourth-order valence-electron chi connectivity index (χ4n) is 3.32. The second-order valence-electron chi connectivity index (χ2n) is 5.69. The van der Waals surface area contributed by atoms with Crippen molar-refractivity contribution < 1.29 is 14.0 Å². The lowest BCUT2D eigenvalue weighted by atomic mass is 9.87. The van der Waals surface area contributed by atoms with Crippen LogP contribution < -0.4 is 16.0 Å². The Hall–Kier alpha value is -2.25. The monoisotopic (exact) mass is 307 g/mol. The van der Waals surface area contributed by atoms with E-state index in [1.165, 1.54) is 6.33 Å². The van der Waals surface area contributed by atoms with Crippen molar-refractivity contribution in [3.63, 3.8) is 0 Å². The first kappa shape index (κ1) is 14.7. The smallest absolute Gasteiger partial charge is 0.322 e. The maximum atomic E-state index is 14.1. The van der Waals surface area contributed by atoms with Crippen molar-refractivity contribution in [1.82, 2.24) is 20.6 Å². The summed E-state index contributed by atoms with van der Waals surface area (Å²) < 4.78 is 14.1. The zero-order valence-corrected chi connectivity index (χ0v) is 12.3. The lowest BCUT2D eigenvalue weighted by Crippen LogP contribution is -2.51. The second-order valence-corrected chi connectivity index (χ2v) is 5.69. The summed E-state index contributed by atoms with van der Waals surface area (Å²) in [6.07, 6.45) is 4.03. The minimum atomic E-state index is -0.874. The van der Waals surface area contributed by atoms with Crippen LogP contribution in [-0.4, -0.2) is 34.0 Å². The molecule has 8 heteroatoms. The minimum Gasteiger partial charge on any atom is -0.367 e. The molecule has 7 nitrogen and oxygen atoms in total.